The number of methoxy groups -OCH3 is 1. The lowest BCUT2D eigenvalue weighted by atomic mass is 10.1. The summed E-state index contributed by atoms with van der Waals surface area (Å²) in [5.74, 6) is -0.582. The summed E-state index contributed by atoms with van der Waals surface area (Å²) in [7, 11) is 1.22. The summed E-state index contributed by atoms with van der Waals surface area (Å²) in [5, 5.41) is 8.52. The Hall–Kier alpha value is -1.97. The molecule has 1 aromatic rings. The molecule has 4 nitrogen and oxygen atoms in total. The predicted octanol–water partition coefficient (Wildman–Crippen LogP) is 2.36. The van der Waals surface area contributed by atoms with Crippen molar-refractivity contribution in [3.05, 3.63) is 17.5 Å². The highest BCUT2D eigenvalue weighted by atomic mass is 19.4. The molecule has 0 radical (unpaired) electrons. The first kappa shape index (κ1) is 13.1. The van der Waals surface area contributed by atoms with Crippen LogP contribution >= 0.6 is 0 Å². The second kappa shape index (κ2) is 4.91. The van der Waals surface area contributed by atoms with Gasteiger partial charge in [0.05, 0.1) is 31.5 Å². The highest BCUT2D eigenvalue weighted by Crippen LogP contribution is 2.35. The lowest BCUT2D eigenvalue weighted by molar-refractivity contribution is -0.275. The number of hydrogen-bond donors (Lipinski definition) is 0. The Morgan fingerprint density at radius 1 is 1.47 bits per heavy atom. The maximum atomic E-state index is 12.1. The monoisotopic (exact) mass is 246 g/mol. The third-order valence-corrected chi connectivity index (χ3v) is 2.01. The van der Waals surface area contributed by atoms with Crippen molar-refractivity contribution in [3.63, 3.8) is 0 Å². The molecule has 0 atom stereocenters. The molecule has 0 bridgehead atoms. The average molecular weight is 246 g/mol. The minimum Gasteiger partial charge on any atom is -0.492 e. The number of nitrogens with zero attached hydrogens (tertiary/aromatic N) is 2. The van der Waals surface area contributed by atoms with Gasteiger partial charge in [0.1, 0.15) is 0 Å². The number of nitriles is 1. The van der Waals surface area contributed by atoms with Gasteiger partial charge in [0, 0.05) is 5.56 Å². The van der Waals surface area contributed by atoms with Gasteiger partial charge in [-0.15, -0.1) is 13.2 Å². The van der Waals surface area contributed by atoms with Crippen LogP contribution < -0.4 is 9.47 Å². The summed E-state index contributed by atoms with van der Waals surface area (Å²) in [4.78, 5) is 3.73. The average Bonchev–Trinajstić information content (AvgIpc) is 2.21. The van der Waals surface area contributed by atoms with Crippen molar-refractivity contribution >= 4 is 0 Å². The third kappa shape index (κ3) is 3.24. The van der Waals surface area contributed by atoms with Gasteiger partial charge >= 0.3 is 6.36 Å². The Labute approximate surface area is 95.6 Å². The fourth-order valence-corrected chi connectivity index (χ4v) is 1.31. The minimum absolute atomic E-state index is 0.00547. The van der Waals surface area contributed by atoms with Crippen molar-refractivity contribution in [1.82, 2.24) is 4.98 Å². The van der Waals surface area contributed by atoms with Crippen molar-refractivity contribution in [1.29, 1.82) is 5.26 Å². The quantitative estimate of drug-likeness (QED) is 0.821. The second-order valence-corrected chi connectivity index (χ2v) is 3.11. The Kier molecular flexibility index (Phi) is 3.78. The summed E-state index contributed by atoms with van der Waals surface area (Å²) in [6.07, 6.45) is -3.92. The highest BCUT2D eigenvalue weighted by Gasteiger charge is 2.33. The fraction of sp³-hybridized carbons (Fsp3) is 0.400. The summed E-state index contributed by atoms with van der Waals surface area (Å²) >= 11 is 0. The standard InChI is InChI=1S/C10H9F3N2O2/c1-6-7(3-4-14)15-5-8(9(6)16-2)17-10(11,12)13/h5H,3H2,1-2H3. The molecule has 0 saturated heterocycles. The van der Waals surface area contributed by atoms with E-state index in [-0.39, 0.29) is 12.2 Å². The van der Waals surface area contributed by atoms with Crippen molar-refractivity contribution in [2.75, 3.05) is 7.11 Å². The molecule has 0 aliphatic heterocycles. The number of aromatic nitrogens is 1. The zero-order chi connectivity index (χ0) is 13.1. The van der Waals surface area contributed by atoms with Gasteiger partial charge in [-0.2, -0.15) is 5.26 Å². The normalized spacial score (nSPS) is 10.8. The third-order valence-electron chi connectivity index (χ3n) is 2.01. The van der Waals surface area contributed by atoms with Crippen LogP contribution in [0.15, 0.2) is 6.20 Å². The number of hydrogen-bond acceptors (Lipinski definition) is 4. The maximum Gasteiger partial charge on any atom is 0.573 e. The van der Waals surface area contributed by atoms with Crippen LogP contribution in [0.25, 0.3) is 0 Å². The first-order chi connectivity index (χ1) is 7.89. The van der Waals surface area contributed by atoms with Crippen molar-refractivity contribution in [2.24, 2.45) is 0 Å². The van der Waals surface area contributed by atoms with E-state index in [2.05, 4.69) is 9.72 Å². The largest absolute Gasteiger partial charge is 0.573 e. The zero-order valence-electron chi connectivity index (χ0n) is 9.13. The molecular weight excluding hydrogens is 237 g/mol. The molecule has 0 spiro atoms. The van der Waals surface area contributed by atoms with Crippen LogP contribution in [0.2, 0.25) is 0 Å². The Morgan fingerprint density at radius 3 is 2.59 bits per heavy atom. The van der Waals surface area contributed by atoms with E-state index in [9.17, 15) is 13.2 Å². The van der Waals surface area contributed by atoms with Gasteiger partial charge in [0.2, 0.25) is 0 Å². The van der Waals surface area contributed by atoms with E-state index >= 15 is 0 Å². The zero-order valence-corrected chi connectivity index (χ0v) is 9.13. The van der Waals surface area contributed by atoms with E-state index in [1.165, 1.54) is 14.0 Å². The van der Waals surface area contributed by atoms with E-state index in [1.54, 1.807) is 0 Å². The van der Waals surface area contributed by atoms with Gasteiger partial charge in [-0.3, -0.25) is 4.98 Å². The van der Waals surface area contributed by atoms with Crippen LogP contribution in [-0.2, 0) is 6.42 Å². The van der Waals surface area contributed by atoms with Crippen molar-refractivity contribution in [2.45, 2.75) is 19.7 Å². The Morgan fingerprint density at radius 2 is 2.12 bits per heavy atom. The molecule has 0 saturated carbocycles. The molecule has 0 fully saturated rings. The fourth-order valence-electron chi connectivity index (χ4n) is 1.31. The molecule has 0 N–H and O–H groups in total. The number of halogens is 3. The smallest absolute Gasteiger partial charge is 0.492 e. The lowest BCUT2D eigenvalue weighted by Crippen LogP contribution is -2.18. The number of alkyl halides is 3. The van der Waals surface area contributed by atoms with Crippen LogP contribution in [-0.4, -0.2) is 18.5 Å². The van der Waals surface area contributed by atoms with Gasteiger partial charge in [-0.25, -0.2) is 0 Å². The summed E-state index contributed by atoms with van der Waals surface area (Å²) < 4.78 is 44.8. The van der Waals surface area contributed by atoms with Gasteiger partial charge < -0.3 is 9.47 Å². The van der Waals surface area contributed by atoms with Crippen molar-refractivity contribution in [3.8, 4) is 17.6 Å². The molecule has 7 heteroatoms. The molecule has 0 aliphatic rings. The van der Waals surface area contributed by atoms with Crippen molar-refractivity contribution < 1.29 is 22.6 Å². The van der Waals surface area contributed by atoms with Crippen LogP contribution in [0.5, 0.6) is 11.5 Å². The molecule has 1 rings (SSSR count). The minimum atomic E-state index is -4.81. The Balaban J connectivity index is 3.17. The first-order valence-electron chi connectivity index (χ1n) is 4.54. The topological polar surface area (TPSA) is 55.1 Å². The number of rotatable bonds is 3. The molecule has 0 unspecified atom stereocenters. The lowest BCUT2D eigenvalue weighted by Gasteiger charge is -2.15. The van der Waals surface area contributed by atoms with Gasteiger partial charge in [-0.1, -0.05) is 0 Å². The van der Waals surface area contributed by atoms with Gasteiger partial charge in [0.25, 0.3) is 0 Å². The van der Waals surface area contributed by atoms with E-state index in [4.69, 9.17) is 10.00 Å². The molecular formula is C10H9F3N2O2. The summed E-state index contributed by atoms with van der Waals surface area (Å²) in [6, 6.07) is 1.86. The summed E-state index contributed by atoms with van der Waals surface area (Å²) in [5.41, 5.74) is 0.717. The summed E-state index contributed by atoms with van der Waals surface area (Å²) in [6.45, 7) is 1.52. The number of pyridine rings is 1. The van der Waals surface area contributed by atoms with Crippen LogP contribution in [0.3, 0.4) is 0 Å². The van der Waals surface area contributed by atoms with Crippen LogP contribution in [0, 0.1) is 18.3 Å². The van der Waals surface area contributed by atoms with Gasteiger partial charge in [-0.05, 0) is 6.92 Å². The molecule has 17 heavy (non-hydrogen) atoms. The van der Waals surface area contributed by atoms with Crippen LogP contribution in [0.4, 0.5) is 13.2 Å². The molecule has 92 valence electrons. The van der Waals surface area contributed by atoms with E-state index in [0.29, 0.717) is 11.3 Å². The first-order valence-corrected chi connectivity index (χ1v) is 4.54. The van der Waals surface area contributed by atoms with E-state index in [1.807, 2.05) is 6.07 Å². The molecule has 1 heterocycles. The van der Waals surface area contributed by atoms with E-state index < -0.39 is 12.1 Å². The van der Waals surface area contributed by atoms with Crippen LogP contribution in [0.1, 0.15) is 11.3 Å². The molecule has 0 amide bonds. The van der Waals surface area contributed by atoms with E-state index in [0.717, 1.165) is 6.20 Å². The SMILES string of the molecule is COc1c(OC(F)(F)F)cnc(CC#N)c1C. The maximum absolute atomic E-state index is 12.1. The number of ether oxygens (including phenoxy) is 2. The highest BCUT2D eigenvalue weighted by molar-refractivity contribution is 5.47. The molecule has 1 aromatic heterocycles. The molecule has 0 aliphatic carbocycles. The van der Waals surface area contributed by atoms with Gasteiger partial charge in [0.15, 0.2) is 11.5 Å². The molecule has 0 aromatic carbocycles. The second-order valence-electron chi connectivity index (χ2n) is 3.11. The predicted molar refractivity (Wildman–Crippen MR) is 51.5 cm³/mol. The Bertz CT molecular complexity index is 452.